The van der Waals surface area contributed by atoms with E-state index >= 15 is 0 Å². The summed E-state index contributed by atoms with van der Waals surface area (Å²) >= 11 is 0. The number of nitrogens with zero attached hydrogens (tertiary/aromatic N) is 2. The summed E-state index contributed by atoms with van der Waals surface area (Å²) in [6, 6.07) is 8.32. The zero-order chi connectivity index (χ0) is 18.7. The Hall–Kier alpha value is -2.16. The Balaban J connectivity index is 1.86. The van der Waals surface area contributed by atoms with E-state index in [-0.39, 0.29) is 10.8 Å². The van der Waals surface area contributed by atoms with Crippen molar-refractivity contribution < 1.29 is 22.4 Å². The van der Waals surface area contributed by atoms with Crippen LogP contribution in [0.4, 0.5) is 0 Å². The van der Waals surface area contributed by atoms with Crippen LogP contribution in [0, 0.1) is 6.92 Å². The van der Waals surface area contributed by atoms with Crippen LogP contribution in [0.5, 0.6) is 0 Å². The lowest BCUT2D eigenvalue weighted by molar-refractivity contribution is 0.0729. The molecular formula is C18H22N2O5S. The summed E-state index contributed by atoms with van der Waals surface area (Å²) in [5, 5.41) is 0. The van der Waals surface area contributed by atoms with Crippen LogP contribution in [0.2, 0.25) is 0 Å². The molecule has 0 bridgehead atoms. The molecule has 2 heterocycles. The first-order valence-electron chi connectivity index (χ1n) is 8.36. The van der Waals surface area contributed by atoms with Crippen LogP contribution >= 0.6 is 0 Å². The van der Waals surface area contributed by atoms with Gasteiger partial charge in [0.1, 0.15) is 5.76 Å². The van der Waals surface area contributed by atoms with E-state index in [1.165, 1.54) is 15.3 Å². The summed E-state index contributed by atoms with van der Waals surface area (Å²) < 4.78 is 37.8. The van der Waals surface area contributed by atoms with Crippen molar-refractivity contribution in [3.8, 4) is 0 Å². The average molecular weight is 378 g/mol. The second-order valence-electron chi connectivity index (χ2n) is 6.24. The van der Waals surface area contributed by atoms with E-state index in [2.05, 4.69) is 0 Å². The predicted molar refractivity (Wildman–Crippen MR) is 95.3 cm³/mol. The highest BCUT2D eigenvalue weighted by Gasteiger charge is 2.28. The normalized spacial score (nSPS) is 15.8. The minimum Gasteiger partial charge on any atom is -0.467 e. The molecule has 0 spiro atoms. The molecule has 7 nitrogen and oxygen atoms in total. The van der Waals surface area contributed by atoms with Crippen molar-refractivity contribution in [2.45, 2.75) is 18.4 Å². The Labute approximate surface area is 153 Å². The van der Waals surface area contributed by atoms with Crippen molar-refractivity contribution in [3.05, 3.63) is 53.5 Å². The highest BCUT2D eigenvalue weighted by atomic mass is 32.2. The highest BCUT2D eigenvalue weighted by molar-refractivity contribution is 7.89. The van der Waals surface area contributed by atoms with E-state index in [1.807, 2.05) is 0 Å². The maximum absolute atomic E-state index is 12.9. The summed E-state index contributed by atoms with van der Waals surface area (Å²) in [7, 11) is -2.01. The number of sulfonamides is 1. The van der Waals surface area contributed by atoms with E-state index in [9.17, 15) is 13.2 Å². The predicted octanol–water partition coefficient (Wildman–Crippen LogP) is 1.88. The molecule has 140 valence electrons. The number of hydrogen-bond acceptors (Lipinski definition) is 5. The molecule has 26 heavy (non-hydrogen) atoms. The van der Waals surface area contributed by atoms with Crippen molar-refractivity contribution in [1.29, 1.82) is 0 Å². The Morgan fingerprint density at radius 3 is 2.62 bits per heavy atom. The topological polar surface area (TPSA) is 80.1 Å². The number of morpholine rings is 1. The molecule has 0 saturated carbocycles. The first-order valence-corrected chi connectivity index (χ1v) is 9.80. The zero-order valence-electron chi connectivity index (χ0n) is 14.8. The monoisotopic (exact) mass is 378 g/mol. The SMILES string of the molecule is Cc1ccc(C(=O)N(C)Cc2ccco2)cc1S(=O)(=O)N1CCOCC1. The first kappa shape index (κ1) is 18.6. The van der Waals surface area contributed by atoms with Crippen LogP contribution in [0.15, 0.2) is 45.9 Å². The maximum Gasteiger partial charge on any atom is 0.254 e. The summed E-state index contributed by atoms with van der Waals surface area (Å²) in [6.45, 7) is 3.43. The Morgan fingerprint density at radius 1 is 1.23 bits per heavy atom. The number of rotatable bonds is 5. The molecule has 1 amide bonds. The number of furan rings is 1. The van der Waals surface area contributed by atoms with Gasteiger partial charge in [-0.1, -0.05) is 6.07 Å². The molecule has 0 N–H and O–H groups in total. The lowest BCUT2D eigenvalue weighted by Gasteiger charge is -2.27. The summed E-state index contributed by atoms with van der Waals surface area (Å²) in [5.74, 6) is 0.397. The van der Waals surface area contributed by atoms with Gasteiger partial charge < -0.3 is 14.1 Å². The van der Waals surface area contributed by atoms with Gasteiger partial charge in [0, 0.05) is 25.7 Å². The first-order chi connectivity index (χ1) is 12.4. The van der Waals surface area contributed by atoms with Crippen molar-refractivity contribution in [2.75, 3.05) is 33.4 Å². The zero-order valence-corrected chi connectivity index (χ0v) is 15.7. The minimum atomic E-state index is -3.66. The second-order valence-corrected chi connectivity index (χ2v) is 8.14. The van der Waals surface area contributed by atoms with E-state index in [4.69, 9.17) is 9.15 Å². The molecule has 0 radical (unpaired) electrons. The lowest BCUT2D eigenvalue weighted by atomic mass is 10.1. The number of aryl methyl sites for hydroxylation is 1. The van der Waals surface area contributed by atoms with Gasteiger partial charge in [0.15, 0.2) is 0 Å². The summed E-state index contributed by atoms with van der Waals surface area (Å²) in [6.07, 6.45) is 1.55. The molecule has 0 aliphatic carbocycles. The Morgan fingerprint density at radius 2 is 1.96 bits per heavy atom. The molecule has 1 aromatic heterocycles. The van der Waals surface area contributed by atoms with Gasteiger partial charge in [-0.2, -0.15) is 4.31 Å². The third-order valence-electron chi connectivity index (χ3n) is 4.34. The van der Waals surface area contributed by atoms with Crippen LogP contribution < -0.4 is 0 Å². The number of ether oxygens (including phenoxy) is 1. The average Bonchev–Trinajstić information content (AvgIpc) is 3.15. The highest BCUT2D eigenvalue weighted by Crippen LogP contribution is 2.23. The van der Waals surface area contributed by atoms with Crippen molar-refractivity contribution in [1.82, 2.24) is 9.21 Å². The van der Waals surface area contributed by atoms with Crippen LogP contribution in [0.3, 0.4) is 0 Å². The standard InChI is InChI=1S/C18H22N2O5S/c1-14-5-6-15(18(21)19(2)13-16-4-3-9-25-16)12-17(14)26(22,23)20-7-10-24-11-8-20/h3-6,9,12H,7-8,10-11,13H2,1-2H3. The van der Waals surface area contributed by atoms with Crippen molar-refractivity contribution >= 4 is 15.9 Å². The number of benzene rings is 1. The molecule has 1 aliphatic heterocycles. The van der Waals surface area contributed by atoms with Gasteiger partial charge >= 0.3 is 0 Å². The fraction of sp³-hybridized carbons (Fsp3) is 0.389. The Kier molecular flexibility index (Phi) is 5.45. The molecule has 8 heteroatoms. The number of carbonyl (C=O) groups excluding carboxylic acids is 1. The Bertz CT molecular complexity index is 871. The van der Waals surface area contributed by atoms with E-state index in [1.54, 1.807) is 44.5 Å². The summed E-state index contributed by atoms with van der Waals surface area (Å²) in [5.41, 5.74) is 0.943. The van der Waals surface area contributed by atoms with Crippen LogP contribution in [0.1, 0.15) is 21.7 Å². The van der Waals surface area contributed by atoms with Gasteiger partial charge in [-0.25, -0.2) is 8.42 Å². The molecule has 0 unspecified atom stereocenters. The summed E-state index contributed by atoms with van der Waals surface area (Å²) in [4.78, 5) is 14.4. The number of amides is 1. The lowest BCUT2D eigenvalue weighted by Crippen LogP contribution is -2.41. The fourth-order valence-corrected chi connectivity index (χ4v) is 4.52. The third-order valence-corrected chi connectivity index (χ3v) is 6.38. The molecule has 1 fully saturated rings. The van der Waals surface area contributed by atoms with E-state index in [0.717, 1.165) is 0 Å². The second kappa shape index (κ2) is 7.61. The fourth-order valence-electron chi connectivity index (χ4n) is 2.87. The number of carbonyl (C=O) groups is 1. The van der Waals surface area contributed by atoms with Gasteiger partial charge in [-0.05, 0) is 36.8 Å². The molecule has 1 saturated heterocycles. The molecule has 2 aromatic rings. The molecule has 1 aliphatic rings. The minimum absolute atomic E-state index is 0.164. The third kappa shape index (κ3) is 3.82. The quantitative estimate of drug-likeness (QED) is 0.794. The van der Waals surface area contributed by atoms with Gasteiger partial charge in [-0.3, -0.25) is 4.79 Å². The van der Waals surface area contributed by atoms with Crippen molar-refractivity contribution in [3.63, 3.8) is 0 Å². The molecular weight excluding hydrogens is 356 g/mol. The molecule has 1 aromatic carbocycles. The van der Waals surface area contributed by atoms with Crippen molar-refractivity contribution in [2.24, 2.45) is 0 Å². The van der Waals surface area contributed by atoms with Crippen LogP contribution in [-0.2, 0) is 21.3 Å². The van der Waals surface area contributed by atoms with Crippen LogP contribution in [0.25, 0.3) is 0 Å². The van der Waals surface area contributed by atoms with Gasteiger partial charge in [0.05, 0.1) is 30.9 Å². The maximum atomic E-state index is 12.9. The molecule has 0 atom stereocenters. The van der Waals surface area contributed by atoms with Gasteiger partial charge in [0.2, 0.25) is 10.0 Å². The van der Waals surface area contributed by atoms with E-state index in [0.29, 0.717) is 49.7 Å². The number of hydrogen-bond donors (Lipinski definition) is 0. The van der Waals surface area contributed by atoms with Gasteiger partial charge in [-0.15, -0.1) is 0 Å². The van der Waals surface area contributed by atoms with E-state index < -0.39 is 10.0 Å². The van der Waals surface area contributed by atoms with Crippen LogP contribution in [-0.4, -0.2) is 56.9 Å². The van der Waals surface area contributed by atoms with Gasteiger partial charge in [0.25, 0.3) is 5.91 Å². The molecule has 3 rings (SSSR count). The smallest absolute Gasteiger partial charge is 0.254 e. The largest absolute Gasteiger partial charge is 0.467 e.